The number of anilines is 1. The molecule has 0 aliphatic rings. The number of halogens is 1. The quantitative estimate of drug-likeness (QED) is 0.505. The Hall–Kier alpha value is -3.15. The minimum Gasteiger partial charge on any atom is -0.459 e. The molecular formula is C22H24FN3O2. The fraction of sp³-hybridized carbons (Fsp3) is 0.273. The predicted molar refractivity (Wildman–Crippen MR) is 110 cm³/mol. The molecule has 0 bridgehead atoms. The molecule has 3 N–H and O–H groups in total. The zero-order chi connectivity index (χ0) is 20.3. The molecule has 0 spiro atoms. The Bertz CT molecular complexity index is 1010. The second-order valence-corrected chi connectivity index (χ2v) is 6.97. The third kappa shape index (κ3) is 4.22. The second kappa shape index (κ2) is 8.25. The fourth-order valence-corrected chi connectivity index (χ4v) is 3.24. The van der Waals surface area contributed by atoms with Gasteiger partial charge in [-0.2, -0.15) is 0 Å². The molecule has 0 radical (unpaired) electrons. The van der Waals surface area contributed by atoms with Crippen molar-refractivity contribution in [2.75, 3.05) is 12.4 Å². The number of hydrogen-bond acceptors (Lipinski definition) is 4. The van der Waals surface area contributed by atoms with Crippen LogP contribution in [0.5, 0.6) is 0 Å². The molecule has 1 amide bonds. The average molecular weight is 381 g/mol. The Balaban J connectivity index is 1.66. The van der Waals surface area contributed by atoms with Crippen LogP contribution in [0.4, 0.5) is 10.1 Å². The first-order valence-corrected chi connectivity index (χ1v) is 9.21. The Morgan fingerprint density at radius 2 is 2.00 bits per heavy atom. The Labute approximate surface area is 163 Å². The molecule has 2 aromatic carbocycles. The van der Waals surface area contributed by atoms with Gasteiger partial charge in [0.05, 0.1) is 6.04 Å². The first-order chi connectivity index (χ1) is 13.4. The summed E-state index contributed by atoms with van der Waals surface area (Å²) in [6.45, 7) is 3.84. The van der Waals surface area contributed by atoms with Gasteiger partial charge < -0.3 is 20.5 Å². The van der Waals surface area contributed by atoms with E-state index < -0.39 is 0 Å². The van der Waals surface area contributed by atoms with E-state index in [4.69, 9.17) is 9.83 Å². The van der Waals surface area contributed by atoms with Crippen molar-refractivity contribution in [3.8, 4) is 0 Å². The van der Waals surface area contributed by atoms with E-state index >= 15 is 0 Å². The summed E-state index contributed by atoms with van der Waals surface area (Å²) in [7, 11) is 1.81. The lowest BCUT2D eigenvalue weighted by Crippen LogP contribution is -2.27. The van der Waals surface area contributed by atoms with Crippen molar-refractivity contribution in [2.45, 2.75) is 32.2 Å². The van der Waals surface area contributed by atoms with Crippen molar-refractivity contribution >= 4 is 28.8 Å². The molecular weight excluding hydrogens is 357 g/mol. The SMILES string of the molecule is CNc1cc(C(C)CC(=O)NC(C)c2cc3cc(F)ccc3o2)ccc1C=N. The smallest absolute Gasteiger partial charge is 0.221 e. The van der Waals surface area contributed by atoms with Gasteiger partial charge in [0.1, 0.15) is 17.2 Å². The molecule has 6 heteroatoms. The molecule has 28 heavy (non-hydrogen) atoms. The Morgan fingerprint density at radius 3 is 2.71 bits per heavy atom. The van der Waals surface area contributed by atoms with E-state index in [1.54, 1.807) is 12.1 Å². The van der Waals surface area contributed by atoms with Gasteiger partial charge >= 0.3 is 0 Å². The molecule has 0 aliphatic carbocycles. The van der Waals surface area contributed by atoms with Crippen molar-refractivity contribution in [3.63, 3.8) is 0 Å². The van der Waals surface area contributed by atoms with Crippen molar-refractivity contribution in [1.29, 1.82) is 5.41 Å². The van der Waals surface area contributed by atoms with Crippen molar-refractivity contribution in [3.05, 3.63) is 65.2 Å². The minimum absolute atomic E-state index is 0.0175. The van der Waals surface area contributed by atoms with Gasteiger partial charge in [0.15, 0.2) is 0 Å². The summed E-state index contributed by atoms with van der Waals surface area (Å²) < 4.78 is 19.1. The number of fused-ring (bicyclic) bond motifs is 1. The van der Waals surface area contributed by atoms with Crippen LogP contribution >= 0.6 is 0 Å². The summed E-state index contributed by atoms with van der Waals surface area (Å²) >= 11 is 0. The third-order valence-electron chi connectivity index (χ3n) is 4.86. The van der Waals surface area contributed by atoms with E-state index in [0.717, 1.165) is 16.8 Å². The summed E-state index contributed by atoms with van der Waals surface area (Å²) in [6.07, 6.45) is 1.63. The van der Waals surface area contributed by atoms with Crippen LogP contribution in [0.3, 0.4) is 0 Å². The summed E-state index contributed by atoms with van der Waals surface area (Å²) in [5, 5.41) is 14.1. The standard InChI is InChI=1S/C22H24FN3O2/c1-13(15-4-5-16(12-24)19(10-15)25-3)8-22(27)26-14(2)21-11-17-9-18(23)6-7-20(17)28-21/h4-7,9-14,24-25H,8H2,1-3H3,(H,26,27). The molecule has 0 saturated carbocycles. The van der Waals surface area contributed by atoms with E-state index in [1.165, 1.54) is 18.3 Å². The molecule has 1 aromatic heterocycles. The molecule has 2 atom stereocenters. The van der Waals surface area contributed by atoms with E-state index in [2.05, 4.69) is 10.6 Å². The molecule has 1 heterocycles. The van der Waals surface area contributed by atoms with E-state index in [-0.39, 0.29) is 23.7 Å². The van der Waals surface area contributed by atoms with Crippen LogP contribution in [0.2, 0.25) is 0 Å². The van der Waals surface area contributed by atoms with Gasteiger partial charge in [-0.05, 0) is 48.7 Å². The number of benzene rings is 2. The maximum absolute atomic E-state index is 13.3. The third-order valence-corrected chi connectivity index (χ3v) is 4.86. The van der Waals surface area contributed by atoms with Gasteiger partial charge in [-0.3, -0.25) is 4.79 Å². The Kier molecular flexibility index (Phi) is 5.78. The van der Waals surface area contributed by atoms with Crippen molar-refractivity contribution < 1.29 is 13.6 Å². The lowest BCUT2D eigenvalue weighted by atomic mass is 9.95. The van der Waals surface area contributed by atoms with E-state index in [1.807, 2.05) is 39.1 Å². The highest BCUT2D eigenvalue weighted by Gasteiger charge is 2.17. The molecule has 0 aliphatic heterocycles. The lowest BCUT2D eigenvalue weighted by molar-refractivity contribution is -0.122. The molecule has 2 unspecified atom stereocenters. The molecule has 5 nitrogen and oxygen atoms in total. The topological polar surface area (TPSA) is 78.1 Å². The summed E-state index contributed by atoms with van der Waals surface area (Å²) in [4.78, 5) is 12.5. The normalized spacial score (nSPS) is 13.1. The van der Waals surface area contributed by atoms with Crippen LogP contribution in [-0.4, -0.2) is 19.2 Å². The highest BCUT2D eigenvalue weighted by Crippen LogP contribution is 2.27. The molecule has 0 saturated heterocycles. The highest BCUT2D eigenvalue weighted by atomic mass is 19.1. The van der Waals surface area contributed by atoms with Crippen LogP contribution in [0.1, 0.15) is 49.1 Å². The van der Waals surface area contributed by atoms with Gasteiger partial charge in [-0.15, -0.1) is 0 Å². The Morgan fingerprint density at radius 1 is 1.21 bits per heavy atom. The van der Waals surface area contributed by atoms with Gasteiger partial charge in [0.25, 0.3) is 0 Å². The lowest BCUT2D eigenvalue weighted by Gasteiger charge is -2.16. The first-order valence-electron chi connectivity index (χ1n) is 9.21. The number of hydrogen-bond donors (Lipinski definition) is 3. The monoisotopic (exact) mass is 381 g/mol. The van der Waals surface area contributed by atoms with Gasteiger partial charge in [0, 0.05) is 36.3 Å². The van der Waals surface area contributed by atoms with Crippen LogP contribution in [0.15, 0.2) is 46.9 Å². The molecule has 0 fully saturated rings. The minimum atomic E-state index is -0.319. The zero-order valence-corrected chi connectivity index (χ0v) is 16.2. The molecule has 3 aromatic rings. The fourth-order valence-electron chi connectivity index (χ4n) is 3.24. The number of furan rings is 1. The average Bonchev–Trinajstić information content (AvgIpc) is 3.10. The molecule has 3 rings (SSSR count). The predicted octanol–water partition coefficient (Wildman–Crippen LogP) is 4.98. The van der Waals surface area contributed by atoms with Crippen LogP contribution in [0, 0.1) is 11.2 Å². The van der Waals surface area contributed by atoms with Crippen molar-refractivity contribution in [1.82, 2.24) is 5.32 Å². The van der Waals surface area contributed by atoms with Crippen molar-refractivity contribution in [2.24, 2.45) is 0 Å². The number of nitrogens with one attached hydrogen (secondary N) is 3. The van der Waals surface area contributed by atoms with E-state index in [0.29, 0.717) is 23.2 Å². The van der Waals surface area contributed by atoms with E-state index in [9.17, 15) is 9.18 Å². The second-order valence-electron chi connectivity index (χ2n) is 6.97. The van der Waals surface area contributed by atoms with Crippen LogP contribution in [-0.2, 0) is 4.79 Å². The summed E-state index contributed by atoms with van der Waals surface area (Å²) in [5.41, 5.74) is 3.29. The first kappa shape index (κ1) is 19.6. The highest BCUT2D eigenvalue weighted by molar-refractivity contribution is 5.86. The zero-order valence-electron chi connectivity index (χ0n) is 16.2. The maximum atomic E-state index is 13.3. The summed E-state index contributed by atoms with van der Waals surface area (Å²) in [5.74, 6) is 0.201. The van der Waals surface area contributed by atoms with Gasteiger partial charge in [0.2, 0.25) is 5.91 Å². The number of carbonyl (C=O) groups excluding carboxylic acids is 1. The number of amides is 1. The van der Waals surface area contributed by atoms with Crippen LogP contribution < -0.4 is 10.6 Å². The van der Waals surface area contributed by atoms with Gasteiger partial charge in [-0.25, -0.2) is 4.39 Å². The number of rotatable bonds is 7. The van der Waals surface area contributed by atoms with Gasteiger partial charge in [-0.1, -0.05) is 19.1 Å². The maximum Gasteiger partial charge on any atom is 0.221 e. The summed E-state index contributed by atoms with van der Waals surface area (Å²) in [6, 6.07) is 11.6. The number of carbonyl (C=O) groups is 1. The van der Waals surface area contributed by atoms with Crippen LogP contribution in [0.25, 0.3) is 11.0 Å². The largest absolute Gasteiger partial charge is 0.459 e. The molecule has 146 valence electrons.